The number of hydrogen-bond donors (Lipinski definition) is 1. The van der Waals surface area contributed by atoms with Gasteiger partial charge in [0.15, 0.2) is 0 Å². The number of nitrogens with one attached hydrogen (secondary N) is 1. The number of aromatic nitrogens is 1. The zero-order chi connectivity index (χ0) is 10.7. The van der Waals surface area contributed by atoms with Gasteiger partial charge in [-0.1, -0.05) is 30.3 Å². The van der Waals surface area contributed by atoms with Gasteiger partial charge in [-0.25, -0.2) is 0 Å². The standard InChI is InChI=1S/C14H8BrN/c15-10-7-6-9-5-4-8-2-1-3-11-12(8)13(9)14(10)16-11/h1-7,16H. The average molecular weight is 270 g/mol. The second kappa shape index (κ2) is 2.77. The summed E-state index contributed by atoms with van der Waals surface area (Å²) in [6.45, 7) is 0. The molecule has 4 aromatic rings. The van der Waals surface area contributed by atoms with Gasteiger partial charge in [-0.2, -0.15) is 0 Å². The van der Waals surface area contributed by atoms with Crippen LogP contribution >= 0.6 is 15.9 Å². The second-order valence-electron chi connectivity index (χ2n) is 4.11. The summed E-state index contributed by atoms with van der Waals surface area (Å²) < 4.78 is 1.13. The van der Waals surface area contributed by atoms with E-state index in [1.54, 1.807) is 0 Å². The van der Waals surface area contributed by atoms with Gasteiger partial charge in [0.2, 0.25) is 0 Å². The molecular weight excluding hydrogens is 262 g/mol. The number of benzene rings is 3. The van der Waals surface area contributed by atoms with Crippen LogP contribution in [0.5, 0.6) is 0 Å². The third-order valence-electron chi connectivity index (χ3n) is 3.24. The van der Waals surface area contributed by atoms with Gasteiger partial charge >= 0.3 is 0 Å². The molecule has 0 bridgehead atoms. The Labute approximate surface area is 101 Å². The van der Waals surface area contributed by atoms with Crippen molar-refractivity contribution in [2.75, 3.05) is 0 Å². The number of aromatic amines is 1. The van der Waals surface area contributed by atoms with Gasteiger partial charge < -0.3 is 4.98 Å². The first kappa shape index (κ1) is 8.59. The largest absolute Gasteiger partial charge is 0.354 e. The van der Waals surface area contributed by atoms with E-state index in [0.717, 1.165) is 4.47 Å². The van der Waals surface area contributed by atoms with E-state index >= 15 is 0 Å². The van der Waals surface area contributed by atoms with Crippen molar-refractivity contribution in [3.05, 3.63) is 46.9 Å². The first-order chi connectivity index (χ1) is 7.84. The summed E-state index contributed by atoms with van der Waals surface area (Å²) in [5.74, 6) is 0. The van der Waals surface area contributed by atoms with Crippen molar-refractivity contribution in [2.45, 2.75) is 0 Å². The fraction of sp³-hybridized carbons (Fsp3) is 0. The molecule has 16 heavy (non-hydrogen) atoms. The maximum absolute atomic E-state index is 3.60. The summed E-state index contributed by atoms with van der Waals surface area (Å²) in [7, 11) is 0. The van der Waals surface area contributed by atoms with Crippen LogP contribution in [0.25, 0.3) is 32.6 Å². The molecule has 0 saturated carbocycles. The van der Waals surface area contributed by atoms with Crippen molar-refractivity contribution >= 4 is 48.5 Å². The van der Waals surface area contributed by atoms with Crippen LogP contribution in [0.15, 0.2) is 46.9 Å². The Kier molecular flexibility index (Phi) is 1.49. The fourth-order valence-electron chi connectivity index (χ4n) is 2.53. The van der Waals surface area contributed by atoms with Crippen LogP contribution < -0.4 is 0 Å². The summed E-state index contributed by atoms with van der Waals surface area (Å²) in [5.41, 5.74) is 2.41. The Morgan fingerprint density at radius 2 is 1.56 bits per heavy atom. The van der Waals surface area contributed by atoms with Crippen LogP contribution in [0, 0.1) is 0 Å². The molecule has 0 amide bonds. The number of hydrogen-bond acceptors (Lipinski definition) is 0. The molecule has 76 valence electrons. The molecule has 1 heterocycles. The van der Waals surface area contributed by atoms with E-state index in [1.807, 2.05) is 0 Å². The van der Waals surface area contributed by atoms with E-state index in [1.165, 1.54) is 32.6 Å². The normalized spacial score (nSPS) is 12.1. The van der Waals surface area contributed by atoms with Gasteiger partial charge in [0.05, 0.1) is 5.52 Å². The van der Waals surface area contributed by atoms with Crippen molar-refractivity contribution < 1.29 is 0 Å². The molecular formula is C14H8BrN. The van der Waals surface area contributed by atoms with E-state index in [-0.39, 0.29) is 0 Å². The highest BCUT2D eigenvalue weighted by atomic mass is 79.9. The van der Waals surface area contributed by atoms with E-state index in [4.69, 9.17) is 0 Å². The van der Waals surface area contributed by atoms with Crippen LogP contribution in [0.4, 0.5) is 0 Å². The lowest BCUT2D eigenvalue weighted by atomic mass is 10.0. The van der Waals surface area contributed by atoms with Gasteiger partial charge in [0, 0.05) is 20.8 Å². The highest BCUT2D eigenvalue weighted by molar-refractivity contribution is 9.10. The monoisotopic (exact) mass is 269 g/mol. The van der Waals surface area contributed by atoms with E-state index in [9.17, 15) is 0 Å². The van der Waals surface area contributed by atoms with Crippen molar-refractivity contribution in [1.82, 2.24) is 4.98 Å². The molecule has 0 fully saturated rings. The first-order valence-electron chi connectivity index (χ1n) is 5.25. The molecule has 1 nitrogen and oxygen atoms in total. The molecule has 0 aliphatic rings. The molecule has 0 saturated heterocycles. The quantitative estimate of drug-likeness (QED) is 0.447. The molecule has 2 heteroatoms. The molecule has 1 aromatic heterocycles. The van der Waals surface area contributed by atoms with Crippen molar-refractivity contribution in [1.29, 1.82) is 0 Å². The second-order valence-corrected chi connectivity index (χ2v) is 4.97. The lowest BCUT2D eigenvalue weighted by Crippen LogP contribution is -1.75. The fourth-order valence-corrected chi connectivity index (χ4v) is 2.96. The highest BCUT2D eigenvalue weighted by Crippen LogP contribution is 2.37. The third-order valence-corrected chi connectivity index (χ3v) is 3.90. The Bertz CT molecular complexity index is 813. The maximum atomic E-state index is 3.60. The first-order valence-corrected chi connectivity index (χ1v) is 6.05. The molecule has 0 unspecified atom stereocenters. The molecule has 0 atom stereocenters. The Morgan fingerprint density at radius 3 is 2.44 bits per heavy atom. The van der Waals surface area contributed by atoms with E-state index < -0.39 is 0 Å². The van der Waals surface area contributed by atoms with Crippen molar-refractivity contribution in [3.63, 3.8) is 0 Å². The van der Waals surface area contributed by atoms with Crippen LogP contribution in [0.2, 0.25) is 0 Å². The minimum Gasteiger partial charge on any atom is -0.354 e. The van der Waals surface area contributed by atoms with E-state index in [2.05, 4.69) is 63.4 Å². The maximum Gasteiger partial charge on any atom is 0.0615 e. The molecule has 1 N–H and O–H groups in total. The summed E-state index contributed by atoms with van der Waals surface area (Å²) in [6, 6.07) is 15.0. The van der Waals surface area contributed by atoms with Gasteiger partial charge in [-0.3, -0.25) is 0 Å². The minimum absolute atomic E-state index is 1.13. The SMILES string of the molecule is Brc1ccc2ccc3cccc4[nH]c1c2c34. The number of halogens is 1. The number of rotatable bonds is 0. The molecule has 0 aliphatic heterocycles. The van der Waals surface area contributed by atoms with Crippen LogP contribution in [0.3, 0.4) is 0 Å². The zero-order valence-corrected chi connectivity index (χ0v) is 10.0. The van der Waals surface area contributed by atoms with Gasteiger partial charge in [-0.15, -0.1) is 0 Å². The Morgan fingerprint density at radius 1 is 0.812 bits per heavy atom. The van der Waals surface area contributed by atoms with Crippen LogP contribution in [-0.2, 0) is 0 Å². The van der Waals surface area contributed by atoms with Crippen LogP contribution in [-0.4, -0.2) is 4.98 Å². The molecule has 0 aliphatic carbocycles. The molecule has 0 spiro atoms. The summed E-state index contributed by atoms with van der Waals surface area (Å²) in [4.78, 5) is 3.48. The minimum atomic E-state index is 1.13. The number of H-pyrrole nitrogens is 1. The lowest BCUT2D eigenvalue weighted by molar-refractivity contribution is 1.54. The average Bonchev–Trinajstić information content (AvgIpc) is 2.70. The molecule has 4 rings (SSSR count). The third kappa shape index (κ3) is 0.908. The summed E-state index contributed by atoms with van der Waals surface area (Å²) >= 11 is 3.60. The van der Waals surface area contributed by atoms with Gasteiger partial charge in [0.1, 0.15) is 0 Å². The summed E-state index contributed by atoms with van der Waals surface area (Å²) in [6.07, 6.45) is 0. The summed E-state index contributed by atoms with van der Waals surface area (Å²) in [5, 5.41) is 5.27. The molecule has 3 aromatic carbocycles. The van der Waals surface area contributed by atoms with E-state index in [0.29, 0.717) is 0 Å². The van der Waals surface area contributed by atoms with Crippen molar-refractivity contribution in [2.24, 2.45) is 0 Å². The predicted octanol–water partition coefficient (Wildman–Crippen LogP) is 4.67. The Hall–Kier alpha value is -1.54. The topological polar surface area (TPSA) is 15.8 Å². The van der Waals surface area contributed by atoms with Gasteiger partial charge in [-0.05, 0) is 38.8 Å². The Balaban J connectivity index is 2.51. The predicted molar refractivity (Wildman–Crippen MR) is 72.2 cm³/mol. The smallest absolute Gasteiger partial charge is 0.0615 e. The van der Waals surface area contributed by atoms with Crippen molar-refractivity contribution in [3.8, 4) is 0 Å². The lowest BCUT2D eigenvalue weighted by Gasteiger charge is -2.01. The highest BCUT2D eigenvalue weighted by Gasteiger charge is 2.11. The van der Waals surface area contributed by atoms with Crippen LogP contribution in [0.1, 0.15) is 0 Å². The molecule has 0 radical (unpaired) electrons. The van der Waals surface area contributed by atoms with Gasteiger partial charge in [0.25, 0.3) is 0 Å². The zero-order valence-electron chi connectivity index (χ0n) is 8.42.